The lowest BCUT2D eigenvalue weighted by molar-refractivity contribution is -0.384. The van der Waals surface area contributed by atoms with Crippen LogP contribution < -0.4 is 10.5 Å². The Labute approximate surface area is 122 Å². The molecule has 1 atom stereocenters. The predicted octanol–water partition coefficient (Wildman–Crippen LogP) is 3.12. The summed E-state index contributed by atoms with van der Waals surface area (Å²) in [6, 6.07) is 12.5. The zero-order valence-electron chi connectivity index (χ0n) is 11.5. The van der Waals surface area contributed by atoms with Crippen LogP contribution in [0.2, 0.25) is 0 Å². The molecule has 5 nitrogen and oxygen atoms in total. The molecule has 0 aromatic heterocycles. The third-order valence-electron chi connectivity index (χ3n) is 3.77. The van der Waals surface area contributed by atoms with E-state index in [0.29, 0.717) is 6.61 Å². The molecule has 0 aliphatic heterocycles. The summed E-state index contributed by atoms with van der Waals surface area (Å²) in [6.07, 6.45) is 1.95. The van der Waals surface area contributed by atoms with E-state index >= 15 is 0 Å². The van der Waals surface area contributed by atoms with Crippen molar-refractivity contribution in [2.45, 2.75) is 25.5 Å². The van der Waals surface area contributed by atoms with Gasteiger partial charge in [0.05, 0.1) is 4.92 Å². The molecule has 0 radical (unpaired) electrons. The number of hydrogen-bond acceptors (Lipinski definition) is 4. The van der Waals surface area contributed by atoms with Gasteiger partial charge in [-0.1, -0.05) is 18.2 Å². The Morgan fingerprint density at radius 3 is 2.95 bits per heavy atom. The van der Waals surface area contributed by atoms with E-state index in [1.807, 2.05) is 24.3 Å². The summed E-state index contributed by atoms with van der Waals surface area (Å²) in [5, 5.41) is 10.7. The summed E-state index contributed by atoms with van der Waals surface area (Å²) in [4.78, 5) is 10.3. The summed E-state index contributed by atoms with van der Waals surface area (Å²) in [5.74, 6) is 0.773. The molecule has 108 valence electrons. The minimum absolute atomic E-state index is 0.0797. The molecule has 0 saturated carbocycles. The standard InChI is InChI=1S/C16H16N2O3/c17-16-7-4-12-9-14(5-6-15(12)16)21-10-11-2-1-3-13(8-11)18(19)20/h1-3,5-6,8-9,16H,4,7,10,17H2/t16-/m0/s1. The number of ether oxygens (including phenoxy) is 1. The number of nitrogens with zero attached hydrogens (tertiary/aromatic N) is 1. The minimum Gasteiger partial charge on any atom is -0.489 e. The van der Waals surface area contributed by atoms with E-state index < -0.39 is 4.92 Å². The third-order valence-corrected chi connectivity index (χ3v) is 3.77. The highest BCUT2D eigenvalue weighted by molar-refractivity contribution is 5.41. The average molecular weight is 284 g/mol. The van der Waals surface area contributed by atoms with E-state index in [0.717, 1.165) is 24.2 Å². The number of nitrogens with two attached hydrogens (primary N) is 1. The quantitative estimate of drug-likeness (QED) is 0.691. The Balaban J connectivity index is 1.71. The molecule has 0 saturated heterocycles. The zero-order valence-corrected chi connectivity index (χ0v) is 11.5. The fourth-order valence-corrected chi connectivity index (χ4v) is 2.64. The molecule has 21 heavy (non-hydrogen) atoms. The first kappa shape index (κ1) is 13.6. The second-order valence-corrected chi connectivity index (χ2v) is 5.22. The van der Waals surface area contributed by atoms with Crippen molar-refractivity contribution < 1.29 is 9.66 Å². The fourth-order valence-electron chi connectivity index (χ4n) is 2.64. The third kappa shape index (κ3) is 2.87. The molecule has 2 aromatic carbocycles. The topological polar surface area (TPSA) is 78.4 Å². The van der Waals surface area contributed by atoms with Crippen LogP contribution >= 0.6 is 0 Å². The maximum Gasteiger partial charge on any atom is 0.269 e. The van der Waals surface area contributed by atoms with Gasteiger partial charge in [-0.2, -0.15) is 0 Å². The van der Waals surface area contributed by atoms with Gasteiger partial charge in [0.2, 0.25) is 0 Å². The van der Waals surface area contributed by atoms with Crippen LogP contribution in [0.4, 0.5) is 5.69 Å². The van der Waals surface area contributed by atoms with Crippen molar-refractivity contribution in [3.63, 3.8) is 0 Å². The Morgan fingerprint density at radius 1 is 1.29 bits per heavy atom. The molecule has 2 aromatic rings. The summed E-state index contributed by atoms with van der Waals surface area (Å²) in [5.41, 5.74) is 9.29. The smallest absolute Gasteiger partial charge is 0.269 e. The van der Waals surface area contributed by atoms with Crippen LogP contribution in [0, 0.1) is 10.1 Å². The fraction of sp³-hybridized carbons (Fsp3) is 0.250. The first-order chi connectivity index (χ1) is 10.1. The SMILES string of the molecule is N[C@H]1CCc2cc(OCc3cccc([N+](=O)[O-])c3)ccc21. The lowest BCUT2D eigenvalue weighted by Crippen LogP contribution is -2.05. The predicted molar refractivity (Wildman–Crippen MR) is 79.1 cm³/mol. The van der Waals surface area contributed by atoms with Crippen LogP contribution in [0.25, 0.3) is 0 Å². The summed E-state index contributed by atoms with van der Waals surface area (Å²) >= 11 is 0. The Hall–Kier alpha value is -2.40. The molecule has 0 heterocycles. The highest BCUT2D eigenvalue weighted by atomic mass is 16.6. The lowest BCUT2D eigenvalue weighted by atomic mass is 10.1. The molecule has 3 rings (SSSR count). The lowest BCUT2D eigenvalue weighted by Gasteiger charge is -2.09. The first-order valence-electron chi connectivity index (χ1n) is 6.88. The van der Waals surface area contributed by atoms with Crippen LogP contribution in [0.15, 0.2) is 42.5 Å². The van der Waals surface area contributed by atoms with Crippen molar-refractivity contribution in [1.29, 1.82) is 0 Å². The maximum absolute atomic E-state index is 10.7. The van der Waals surface area contributed by atoms with Crippen molar-refractivity contribution in [3.05, 3.63) is 69.3 Å². The van der Waals surface area contributed by atoms with Crippen LogP contribution in [0.5, 0.6) is 5.75 Å². The zero-order chi connectivity index (χ0) is 14.8. The highest BCUT2D eigenvalue weighted by Crippen LogP contribution is 2.32. The number of benzene rings is 2. The number of nitro groups is 1. The largest absolute Gasteiger partial charge is 0.489 e. The molecule has 0 spiro atoms. The van der Waals surface area contributed by atoms with Gasteiger partial charge in [0.1, 0.15) is 12.4 Å². The normalized spacial score (nSPS) is 16.5. The van der Waals surface area contributed by atoms with E-state index in [9.17, 15) is 10.1 Å². The monoisotopic (exact) mass is 284 g/mol. The van der Waals surface area contributed by atoms with E-state index in [2.05, 4.69) is 0 Å². The van der Waals surface area contributed by atoms with Crippen LogP contribution in [-0.2, 0) is 13.0 Å². The second-order valence-electron chi connectivity index (χ2n) is 5.22. The second kappa shape index (κ2) is 5.54. The highest BCUT2D eigenvalue weighted by Gasteiger charge is 2.19. The molecule has 1 aliphatic carbocycles. The van der Waals surface area contributed by atoms with Gasteiger partial charge in [-0.05, 0) is 41.7 Å². The van der Waals surface area contributed by atoms with E-state index in [1.54, 1.807) is 6.07 Å². The van der Waals surface area contributed by atoms with Gasteiger partial charge in [-0.15, -0.1) is 0 Å². The number of aryl methyl sites for hydroxylation is 1. The molecule has 1 aliphatic rings. The van der Waals surface area contributed by atoms with Gasteiger partial charge in [0.15, 0.2) is 0 Å². The van der Waals surface area contributed by atoms with E-state index in [-0.39, 0.29) is 11.7 Å². The minimum atomic E-state index is -0.402. The molecule has 0 fully saturated rings. The number of nitro benzene ring substituents is 1. The van der Waals surface area contributed by atoms with Crippen molar-refractivity contribution in [1.82, 2.24) is 0 Å². The van der Waals surface area contributed by atoms with Crippen molar-refractivity contribution in [2.24, 2.45) is 5.73 Å². The van der Waals surface area contributed by atoms with Gasteiger partial charge in [0.25, 0.3) is 5.69 Å². The number of rotatable bonds is 4. The van der Waals surface area contributed by atoms with Crippen LogP contribution in [0.1, 0.15) is 29.2 Å². The van der Waals surface area contributed by atoms with Gasteiger partial charge < -0.3 is 10.5 Å². The Bertz CT molecular complexity index is 685. The molecular formula is C16H16N2O3. The number of hydrogen-bond donors (Lipinski definition) is 1. The van der Waals surface area contributed by atoms with E-state index in [1.165, 1.54) is 23.3 Å². The molecular weight excluding hydrogens is 268 g/mol. The molecule has 5 heteroatoms. The summed E-state index contributed by atoms with van der Waals surface area (Å²) < 4.78 is 5.72. The molecule has 0 amide bonds. The Morgan fingerprint density at radius 2 is 2.14 bits per heavy atom. The van der Waals surface area contributed by atoms with E-state index in [4.69, 9.17) is 10.5 Å². The van der Waals surface area contributed by atoms with Crippen LogP contribution in [-0.4, -0.2) is 4.92 Å². The van der Waals surface area contributed by atoms with Crippen molar-refractivity contribution in [3.8, 4) is 5.75 Å². The maximum atomic E-state index is 10.7. The molecule has 2 N–H and O–H groups in total. The Kier molecular flexibility index (Phi) is 3.58. The number of non-ortho nitro benzene ring substituents is 1. The number of fused-ring (bicyclic) bond motifs is 1. The summed E-state index contributed by atoms with van der Waals surface area (Å²) in [7, 11) is 0. The van der Waals surface area contributed by atoms with Crippen LogP contribution in [0.3, 0.4) is 0 Å². The molecule has 0 bridgehead atoms. The summed E-state index contributed by atoms with van der Waals surface area (Å²) in [6.45, 7) is 0.312. The first-order valence-corrected chi connectivity index (χ1v) is 6.88. The van der Waals surface area contributed by atoms with Gasteiger partial charge >= 0.3 is 0 Å². The average Bonchev–Trinajstić information content (AvgIpc) is 2.86. The van der Waals surface area contributed by atoms with Crippen molar-refractivity contribution in [2.75, 3.05) is 0 Å². The van der Waals surface area contributed by atoms with Gasteiger partial charge in [-0.3, -0.25) is 10.1 Å². The van der Waals surface area contributed by atoms with Crippen molar-refractivity contribution >= 4 is 5.69 Å². The molecule has 0 unspecified atom stereocenters. The van der Waals surface area contributed by atoms with Gasteiger partial charge in [0, 0.05) is 18.2 Å². The van der Waals surface area contributed by atoms with Gasteiger partial charge in [-0.25, -0.2) is 0 Å².